The predicted molar refractivity (Wildman–Crippen MR) is 288 cm³/mol. The minimum Gasteiger partial charge on any atom is -0.462 e. The molecular weight excluding hydrogens is 813 g/mol. The first-order valence-electron chi connectivity index (χ1n) is 28.1. The summed E-state index contributed by atoms with van der Waals surface area (Å²) < 4.78 is 17.4. The van der Waals surface area contributed by atoms with E-state index in [0.29, 0.717) is 19.4 Å². The van der Waals surface area contributed by atoms with Crippen LogP contribution in [0.15, 0.2) is 85.1 Å². The van der Waals surface area contributed by atoms with Crippen molar-refractivity contribution in [2.45, 2.75) is 271 Å². The highest BCUT2D eigenvalue weighted by molar-refractivity contribution is 5.70. The van der Waals surface area contributed by atoms with Crippen LogP contribution in [0.2, 0.25) is 0 Å². The van der Waals surface area contributed by atoms with Crippen LogP contribution in [0, 0.1) is 0 Å². The Bertz CT molecular complexity index is 1220. The van der Waals surface area contributed by atoms with Crippen LogP contribution in [0.1, 0.15) is 265 Å². The fourth-order valence-electron chi connectivity index (χ4n) is 7.70. The lowest BCUT2D eigenvalue weighted by Crippen LogP contribution is -2.30. The monoisotopic (exact) mass is 919 g/mol. The van der Waals surface area contributed by atoms with E-state index in [-0.39, 0.29) is 25.2 Å². The minimum atomic E-state index is -0.559. The maximum atomic E-state index is 12.8. The van der Waals surface area contributed by atoms with Crippen LogP contribution in [-0.4, -0.2) is 37.9 Å². The molecule has 0 aliphatic carbocycles. The molecule has 0 spiro atoms. The molecule has 5 heteroatoms. The Kier molecular flexibility index (Phi) is 53.9. The largest absolute Gasteiger partial charge is 0.462 e. The first-order chi connectivity index (χ1) is 32.6. The molecule has 0 saturated carbocycles. The Morgan fingerprint density at radius 1 is 0.348 bits per heavy atom. The number of hydrogen-bond acceptors (Lipinski definition) is 5. The fraction of sp³-hybridized carbons (Fsp3) is 0.738. The van der Waals surface area contributed by atoms with Crippen LogP contribution >= 0.6 is 0 Å². The molecule has 1 atom stereocenters. The van der Waals surface area contributed by atoms with Crippen molar-refractivity contribution >= 4 is 11.9 Å². The summed E-state index contributed by atoms with van der Waals surface area (Å²) in [5.74, 6) is -0.424. The number of carbonyl (C=O) groups excluding carboxylic acids is 2. The zero-order valence-corrected chi connectivity index (χ0v) is 43.7. The first kappa shape index (κ1) is 63.1. The summed E-state index contributed by atoms with van der Waals surface area (Å²) in [5, 5.41) is 0. The van der Waals surface area contributed by atoms with Crippen molar-refractivity contribution in [3.63, 3.8) is 0 Å². The number of ether oxygens (including phenoxy) is 3. The zero-order valence-electron chi connectivity index (χ0n) is 43.7. The van der Waals surface area contributed by atoms with Gasteiger partial charge in [0.2, 0.25) is 0 Å². The van der Waals surface area contributed by atoms with Crippen LogP contribution in [-0.2, 0) is 23.8 Å². The van der Waals surface area contributed by atoms with Gasteiger partial charge in [-0.1, -0.05) is 221 Å². The summed E-state index contributed by atoms with van der Waals surface area (Å²) in [6.45, 7) is 7.64. The lowest BCUT2D eigenvalue weighted by molar-refractivity contribution is -0.163. The van der Waals surface area contributed by atoms with Crippen LogP contribution in [0.25, 0.3) is 0 Å². The van der Waals surface area contributed by atoms with Gasteiger partial charge in [-0.2, -0.15) is 0 Å². The molecule has 0 rings (SSSR count). The van der Waals surface area contributed by atoms with Crippen molar-refractivity contribution in [2.75, 3.05) is 19.8 Å². The van der Waals surface area contributed by atoms with Crippen molar-refractivity contribution in [3.8, 4) is 0 Å². The third-order valence-corrected chi connectivity index (χ3v) is 11.9. The van der Waals surface area contributed by atoms with E-state index in [2.05, 4.69) is 106 Å². The summed E-state index contributed by atoms with van der Waals surface area (Å²) in [5.41, 5.74) is 0. The topological polar surface area (TPSA) is 61.8 Å². The average Bonchev–Trinajstić information content (AvgIpc) is 3.32. The molecule has 0 fully saturated rings. The molecule has 5 nitrogen and oxygen atoms in total. The smallest absolute Gasteiger partial charge is 0.306 e. The van der Waals surface area contributed by atoms with E-state index in [1.807, 2.05) is 0 Å². The van der Waals surface area contributed by atoms with Gasteiger partial charge >= 0.3 is 11.9 Å². The van der Waals surface area contributed by atoms with Gasteiger partial charge in [-0.05, 0) is 116 Å². The molecule has 0 amide bonds. The Morgan fingerprint density at radius 2 is 0.682 bits per heavy atom. The molecule has 0 aliphatic rings. The van der Waals surface area contributed by atoms with Crippen LogP contribution < -0.4 is 0 Å². The van der Waals surface area contributed by atoms with Gasteiger partial charge in [0, 0.05) is 19.4 Å². The fourth-order valence-corrected chi connectivity index (χ4v) is 7.70. The Labute approximate surface area is 409 Å². The van der Waals surface area contributed by atoms with Crippen LogP contribution in [0.4, 0.5) is 0 Å². The molecule has 0 heterocycles. The molecular formula is C61H106O5. The molecule has 0 saturated heterocycles. The molecule has 0 aliphatic heterocycles. The number of allylic oxidation sites excluding steroid dienone is 14. The van der Waals surface area contributed by atoms with E-state index in [1.165, 1.54) is 135 Å². The van der Waals surface area contributed by atoms with Crippen molar-refractivity contribution in [2.24, 2.45) is 0 Å². The second-order valence-electron chi connectivity index (χ2n) is 18.4. The summed E-state index contributed by atoms with van der Waals surface area (Å²) >= 11 is 0. The molecule has 66 heavy (non-hydrogen) atoms. The first-order valence-corrected chi connectivity index (χ1v) is 28.1. The van der Waals surface area contributed by atoms with Crippen LogP contribution in [0.5, 0.6) is 0 Å². The van der Waals surface area contributed by atoms with Gasteiger partial charge in [-0.25, -0.2) is 0 Å². The minimum absolute atomic E-state index is 0.0668. The SMILES string of the molecule is CC/C=C\C/C=C\C/C=C\C/C=C\C/C=C\CCCCCCOCC(COC(=O)CCCCCCCCC/C=C\CCCCCCCC)OC(=O)CCCCCCC/C=C\CCCCCC. The van der Waals surface area contributed by atoms with E-state index in [1.54, 1.807) is 0 Å². The second-order valence-corrected chi connectivity index (χ2v) is 18.4. The second kappa shape index (κ2) is 56.4. The lowest BCUT2D eigenvalue weighted by atomic mass is 10.1. The highest BCUT2D eigenvalue weighted by Gasteiger charge is 2.17. The van der Waals surface area contributed by atoms with Crippen molar-refractivity contribution in [3.05, 3.63) is 85.1 Å². The van der Waals surface area contributed by atoms with Gasteiger partial charge in [0.05, 0.1) is 6.61 Å². The van der Waals surface area contributed by atoms with E-state index < -0.39 is 6.10 Å². The molecule has 0 N–H and O–H groups in total. The quantitative estimate of drug-likeness (QED) is 0.0346. The van der Waals surface area contributed by atoms with Gasteiger partial charge in [-0.3, -0.25) is 9.59 Å². The van der Waals surface area contributed by atoms with Crippen molar-refractivity contribution in [1.82, 2.24) is 0 Å². The third kappa shape index (κ3) is 53.7. The number of rotatable bonds is 51. The van der Waals surface area contributed by atoms with E-state index in [4.69, 9.17) is 14.2 Å². The zero-order chi connectivity index (χ0) is 47.7. The van der Waals surface area contributed by atoms with Crippen molar-refractivity contribution in [1.29, 1.82) is 0 Å². The van der Waals surface area contributed by atoms with Crippen molar-refractivity contribution < 1.29 is 23.8 Å². The molecule has 0 aromatic carbocycles. The van der Waals surface area contributed by atoms with Crippen LogP contribution in [0.3, 0.4) is 0 Å². The summed E-state index contributed by atoms with van der Waals surface area (Å²) in [4.78, 5) is 25.5. The molecule has 0 bridgehead atoms. The van der Waals surface area contributed by atoms with Gasteiger partial charge < -0.3 is 14.2 Å². The summed E-state index contributed by atoms with van der Waals surface area (Å²) in [6, 6.07) is 0. The van der Waals surface area contributed by atoms with E-state index in [0.717, 1.165) is 96.3 Å². The summed E-state index contributed by atoms with van der Waals surface area (Å²) in [6.07, 6.45) is 74.6. The summed E-state index contributed by atoms with van der Waals surface area (Å²) in [7, 11) is 0. The maximum Gasteiger partial charge on any atom is 0.306 e. The Balaban J connectivity index is 4.32. The molecule has 1 unspecified atom stereocenters. The Hall–Kier alpha value is -2.92. The van der Waals surface area contributed by atoms with Gasteiger partial charge in [0.15, 0.2) is 6.10 Å². The highest BCUT2D eigenvalue weighted by atomic mass is 16.6. The third-order valence-electron chi connectivity index (χ3n) is 11.9. The number of unbranched alkanes of at least 4 members (excludes halogenated alkanes) is 26. The molecule has 380 valence electrons. The Morgan fingerprint density at radius 3 is 1.12 bits per heavy atom. The molecule has 0 aromatic heterocycles. The lowest BCUT2D eigenvalue weighted by Gasteiger charge is -2.18. The molecule has 0 aromatic rings. The number of esters is 2. The average molecular weight is 920 g/mol. The van der Waals surface area contributed by atoms with E-state index >= 15 is 0 Å². The van der Waals surface area contributed by atoms with Gasteiger partial charge in [0.25, 0.3) is 0 Å². The number of carbonyl (C=O) groups is 2. The maximum absolute atomic E-state index is 12.8. The van der Waals surface area contributed by atoms with Gasteiger partial charge in [-0.15, -0.1) is 0 Å². The van der Waals surface area contributed by atoms with E-state index in [9.17, 15) is 9.59 Å². The number of hydrogen-bond donors (Lipinski definition) is 0. The standard InChI is InChI=1S/C61H106O5/c1-4-7-10-13-16-19-22-25-27-29-30-31-33-35-38-41-44-47-50-53-56-64-57-59(66-61(63)55-52-49-46-43-40-36-24-21-18-15-12-9-6-3)58-65-60(62)54-51-48-45-42-39-37-34-32-28-26-23-20-17-14-11-8-5-2/h7,10,16,19,21,24-28,30-31,35,38,59H,4-6,8-9,11-15,17-18,20,22-23,29,32-34,36-37,39-58H2,1-3H3/b10-7-,19-16-,24-21-,27-25-,28-26-,31-30-,38-35-. The predicted octanol–water partition coefficient (Wildman–Crippen LogP) is 19.2. The molecule has 0 radical (unpaired) electrons. The normalized spacial score (nSPS) is 12.8. The highest BCUT2D eigenvalue weighted by Crippen LogP contribution is 2.14. The van der Waals surface area contributed by atoms with Gasteiger partial charge in [0.1, 0.15) is 6.61 Å².